The number of carbonyl (C=O) groups excluding carboxylic acids is 1. The molecule has 0 aromatic carbocycles. The van der Waals surface area contributed by atoms with Crippen molar-refractivity contribution >= 4 is 27.9 Å². The molecule has 1 aromatic rings. The van der Waals surface area contributed by atoms with Gasteiger partial charge in [-0.15, -0.1) is 11.3 Å². The first kappa shape index (κ1) is 11.0. The zero-order valence-corrected chi connectivity index (χ0v) is 10.3. The second kappa shape index (κ2) is 4.58. The lowest BCUT2D eigenvalue weighted by Gasteiger charge is -2.26. The van der Waals surface area contributed by atoms with Crippen LogP contribution in [0, 0.1) is 5.92 Å². The van der Waals surface area contributed by atoms with Crippen LogP contribution in [0.25, 0.3) is 0 Å². The predicted molar refractivity (Wildman–Crippen MR) is 62.5 cm³/mol. The zero-order valence-electron chi connectivity index (χ0n) is 8.64. The molecular formula is C11H14O2S2. The van der Waals surface area contributed by atoms with Crippen molar-refractivity contribution in [1.29, 1.82) is 0 Å². The zero-order chi connectivity index (χ0) is 10.8. The Hall–Kier alpha value is -0.480. The van der Waals surface area contributed by atoms with E-state index >= 15 is 0 Å². The lowest BCUT2D eigenvalue weighted by atomic mass is 9.89. The number of hydrogen-bond acceptors (Lipinski definition) is 3. The standard InChI is InChI=1S/C11H14O2S2/c1-8-4-5-9(12)7-10(8)15(13)11-3-2-6-14-11/h2-3,6,8,10H,4-5,7H2,1H3. The summed E-state index contributed by atoms with van der Waals surface area (Å²) in [6.45, 7) is 2.10. The van der Waals surface area contributed by atoms with E-state index in [0.717, 1.165) is 10.6 Å². The molecule has 0 saturated heterocycles. The molecule has 15 heavy (non-hydrogen) atoms. The minimum Gasteiger partial charge on any atom is -0.300 e. The van der Waals surface area contributed by atoms with Gasteiger partial charge in [0.2, 0.25) is 0 Å². The molecular weight excluding hydrogens is 228 g/mol. The van der Waals surface area contributed by atoms with Crippen LogP contribution in [-0.2, 0) is 15.6 Å². The van der Waals surface area contributed by atoms with E-state index in [4.69, 9.17) is 0 Å². The van der Waals surface area contributed by atoms with Gasteiger partial charge in [0.25, 0.3) is 0 Å². The fourth-order valence-corrected chi connectivity index (χ4v) is 4.69. The lowest BCUT2D eigenvalue weighted by Crippen LogP contribution is -2.31. The summed E-state index contributed by atoms with van der Waals surface area (Å²) in [6.07, 6.45) is 2.05. The normalized spacial score (nSPS) is 29.0. The van der Waals surface area contributed by atoms with Gasteiger partial charge in [-0.3, -0.25) is 9.00 Å². The van der Waals surface area contributed by atoms with Crippen LogP contribution in [0.4, 0.5) is 0 Å². The van der Waals surface area contributed by atoms with Crippen LogP contribution in [0.15, 0.2) is 21.7 Å². The van der Waals surface area contributed by atoms with E-state index in [1.165, 1.54) is 11.3 Å². The lowest BCUT2D eigenvalue weighted by molar-refractivity contribution is -0.120. The number of rotatable bonds is 2. The molecule has 1 heterocycles. The van der Waals surface area contributed by atoms with Crippen LogP contribution >= 0.6 is 11.3 Å². The Morgan fingerprint density at radius 2 is 2.33 bits per heavy atom. The molecule has 1 fully saturated rings. The molecule has 0 radical (unpaired) electrons. The van der Waals surface area contributed by atoms with E-state index in [2.05, 4.69) is 6.92 Å². The Balaban J connectivity index is 2.15. The maximum atomic E-state index is 12.2. The summed E-state index contributed by atoms with van der Waals surface area (Å²) >= 11 is 1.52. The first-order chi connectivity index (χ1) is 7.18. The van der Waals surface area contributed by atoms with Crippen molar-refractivity contribution < 1.29 is 9.00 Å². The predicted octanol–water partition coefficient (Wildman–Crippen LogP) is 2.61. The van der Waals surface area contributed by atoms with E-state index in [-0.39, 0.29) is 11.0 Å². The molecule has 1 saturated carbocycles. The highest BCUT2D eigenvalue weighted by Gasteiger charge is 2.31. The van der Waals surface area contributed by atoms with E-state index < -0.39 is 10.8 Å². The van der Waals surface area contributed by atoms with Crippen molar-refractivity contribution in [3.63, 3.8) is 0 Å². The van der Waals surface area contributed by atoms with Gasteiger partial charge in [-0.05, 0) is 23.8 Å². The summed E-state index contributed by atoms with van der Waals surface area (Å²) in [4.78, 5) is 11.4. The molecule has 82 valence electrons. The summed E-state index contributed by atoms with van der Waals surface area (Å²) in [7, 11) is -0.992. The van der Waals surface area contributed by atoms with E-state index in [1.807, 2.05) is 17.5 Å². The number of Topliss-reactive ketones (excluding diaryl/α,β-unsaturated/α-hetero) is 1. The molecule has 3 unspecified atom stereocenters. The second-order valence-electron chi connectivity index (χ2n) is 4.03. The molecule has 0 aliphatic heterocycles. The van der Waals surface area contributed by atoms with Gasteiger partial charge in [0.05, 0.1) is 15.0 Å². The molecule has 2 rings (SSSR count). The SMILES string of the molecule is CC1CCC(=O)CC1S(=O)c1cccs1. The van der Waals surface area contributed by atoms with E-state index in [9.17, 15) is 9.00 Å². The van der Waals surface area contributed by atoms with E-state index in [1.54, 1.807) is 0 Å². The molecule has 1 aliphatic carbocycles. The highest BCUT2D eigenvalue weighted by atomic mass is 32.2. The van der Waals surface area contributed by atoms with E-state index in [0.29, 0.717) is 18.8 Å². The Morgan fingerprint density at radius 3 is 3.00 bits per heavy atom. The van der Waals surface area contributed by atoms with Gasteiger partial charge in [-0.25, -0.2) is 0 Å². The molecule has 0 N–H and O–H groups in total. The molecule has 3 atom stereocenters. The van der Waals surface area contributed by atoms with Gasteiger partial charge in [0.1, 0.15) is 5.78 Å². The molecule has 0 amide bonds. The van der Waals surface area contributed by atoms with Gasteiger partial charge in [0, 0.05) is 18.1 Å². The van der Waals surface area contributed by atoms with Gasteiger partial charge in [-0.1, -0.05) is 13.0 Å². The Kier molecular flexibility index (Phi) is 3.36. The third kappa shape index (κ3) is 2.37. The Morgan fingerprint density at radius 1 is 1.53 bits per heavy atom. The van der Waals surface area contributed by atoms with Crippen LogP contribution in [0.3, 0.4) is 0 Å². The molecule has 1 aromatic heterocycles. The summed E-state index contributed by atoms with van der Waals surface area (Å²) in [5.41, 5.74) is 0. The molecule has 4 heteroatoms. The van der Waals surface area contributed by atoms with Crippen LogP contribution < -0.4 is 0 Å². The van der Waals surface area contributed by atoms with Crippen LogP contribution in [0.2, 0.25) is 0 Å². The number of carbonyl (C=O) groups is 1. The summed E-state index contributed by atoms with van der Waals surface area (Å²) in [5, 5.41) is 1.97. The van der Waals surface area contributed by atoms with Gasteiger partial charge >= 0.3 is 0 Å². The van der Waals surface area contributed by atoms with Crippen molar-refractivity contribution in [2.24, 2.45) is 5.92 Å². The first-order valence-corrected chi connectivity index (χ1v) is 7.23. The van der Waals surface area contributed by atoms with Crippen LogP contribution in [0.5, 0.6) is 0 Å². The summed E-state index contributed by atoms with van der Waals surface area (Å²) < 4.78 is 13.1. The van der Waals surface area contributed by atoms with Crippen molar-refractivity contribution in [2.75, 3.05) is 0 Å². The highest BCUT2D eigenvalue weighted by Crippen LogP contribution is 2.30. The topological polar surface area (TPSA) is 34.1 Å². The summed E-state index contributed by atoms with van der Waals surface area (Å²) in [5.74, 6) is 0.661. The number of thiophene rings is 1. The van der Waals surface area contributed by atoms with Gasteiger partial charge < -0.3 is 0 Å². The van der Waals surface area contributed by atoms with Crippen LogP contribution in [-0.4, -0.2) is 15.2 Å². The van der Waals surface area contributed by atoms with Crippen molar-refractivity contribution in [3.8, 4) is 0 Å². The second-order valence-corrected chi connectivity index (χ2v) is 6.87. The summed E-state index contributed by atoms with van der Waals surface area (Å²) in [6, 6.07) is 3.81. The average molecular weight is 242 g/mol. The minimum absolute atomic E-state index is 0.0323. The smallest absolute Gasteiger partial charge is 0.134 e. The largest absolute Gasteiger partial charge is 0.300 e. The first-order valence-electron chi connectivity index (χ1n) is 5.14. The third-order valence-electron chi connectivity index (χ3n) is 2.91. The molecule has 0 spiro atoms. The van der Waals surface area contributed by atoms with Crippen LogP contribution in [0.1, 0.15) is 26.2 Å². The molecule has 0 bridgehead atoms. The minimum atomic E-state index is -0.992. The number of hydrogen-bond donors (Lipinski definition) is 0. The molecule has 2 nitrogen and oxygen atoms in total. The third-order valence-corrected chi connectivity index (χ3v) is 6.07. The number of ketones is 1. The fourth-order valence-electron chi connectivity index (χ4n) is 1.92. The van der Waals surface area contributed by atoms with Crippen molar-refractivity contribution in [3.05, 3.63) is 17.5 Å². The van der Waals surface area contributed by atoms with Crippen molar-refractivity contribution in [2.45, 2.75) is 35.6 Å². The maximum Gasteiger partial charge on any atom is 0.134 e. The monoisotopic (exact) mass is 242 g/mol. The van der Waals surface area contributed by atoms with Gasteiger partial charge in [-0.2, -0.15) is 0 Å². The Bertz CT molecular complexity index is 370. The van der Waals surface area contributed by atoms with Crippen molar-refractivity contribution in [1.82, 2.24) is 0 Å². The average Bonchev–Trinajstić information content (AvgIpc) is 2.74. The quantitative estimate of drug-likeness (QED) is 0.799. The Labute approximate surface area is 96.2 Å². The molecule has 1 aliphatic rings. The maximum absolute atomic E-state index is 12.2. The fraction of sp³-hybridized carbons (Fsp3) is 0.545. The van der Waals surface area contributed by atoms with Gasteiger partial charge in [0.15, 0.2) is 0 Å². The highest BCUT2D eigenvalue weighted by molar-refractivity contribution is 7.88.